The Kier molecular flexibility index (Phi) is 9.78. The molecule has 0 radical (unpaired) electrons. The van der Waals surface area contributed by atoms with Crippen LogP contribution in [0, 0.1) is 55.4 Å². The molecule has 0 aliphatic carbocycles. The smallest absolute Gasteiger partial charge is 0.261 e. The number of hydrogen-bond donors (Lipinski definition) is 0. The van der Waals surface area contributed by atoms with Crippen LogP contribution in [0.4, 0.5) is 0 Å². The Morgan fingerprint density at radius 2 is 0.714 bits per heavy atom. The first-order chi connectivity index (χ1) is 23.1. The first kappa shape index (κ1) is 35.9. The molecule has 0 spiro atoms. The molecule has 6 rings (SSSR count). The second-order valence-corrected chi connectivity index (χ2v) is 16.4. The molecular weight excluding hydrogens is 625 g/mol. The summed E-state index contributed by atoms with van der Waals surface area (Å²) in [6.45, 7) is 27.2. The number of aryl methyl sites for hydroxylation is 8. The lowest BCUT2D eigenvalue weighted by molar-refractivity contribution is -0.175. The van der Waals surface area contributed by atoms with E-state index >= 15 is 0 Å². The van der Waals surface area contributed by atoms with E-state index in [-0.39, 0.29) is 0 Å². The molecule has 5 nitrogen and oxygen atoms in total. The van der Waals surface area contributed by atoms with Gasteiger partial charge >= 0.3 is 0 Å². The molecule has 6 heteroatoms. The number of fused-ring (bicyclic) bond motifs is 1. The lowest BCUT2D eigenvalue weighted by Crippen LogP contribution is -2.53. The Morgan fingerprint density at radius 3 is 0.939 bits per heavy atom. The number of nitrogens with zero attached hydrogens (tertiary/aromatic N) is 1. The molecule has 0 aromatic heterocycles. The highest BCUT2D eigenvalue weighted by molar-refractivity contribution is 7.44. The average Bonchev–Trinajstić information content (AvgIpc) is 3.26. The summed E-state index contributed by atoms with van der Waals surface area (Å²) in [5.74, 6) is -0.927. The molecule has 2 aliphatic heterocycles. The Bertz CT molecular complexity index is 1550. The molecule has 2 heterocycles. The highest BCUT2D eigenvalue weighted by Crippen LogP contribution is 2.66. The molecule has 2 fully saturated rings. The molecule has 2 aliphatic rings. The zero-order valence-electron chi connectivity index (χ0n) is 31.5. The summed E-state index contributed by atoms with van der Waals surface area (Å²) >= 11 is 0. The van der Waals surface area contributed by atoms with Crippen LogP contribution < -0.4 is 0 Å². The van der Waals surface area contributed by atoms with E-state index in [1.165, 1.54) is 44.5 Å². The molecule has 4 aromatic carbocycles. The zero-order chi connectivity index (χ0) is 35.5. The summed E-state index contributed by atoms with van der Waals surface area (Å²) in [4.78, 5) is 0. The number of ether oxygens (including phenoxy) is 2. The third-order valence-corrected chi connectivity index (χ3v) is 11.8. The maximum atomic E-state index is 7.83. The van der Waals surface area contributed by atoms with E-state index < -0.39 is 37.7 Å². The first-order valence-corrected chi connectivity index (χ1v) is 18.9. The van der Waals surface area contributed by atoms with Crippen molar-refractivity contribution in [2.24, 2.45) is 0 Å². The van der Waals surface area contributed by atoms with Crippen molar-refractivity contribution in [1.82, 2.24) is 4.67 Å². The second kappa shape index (κ2) is 13.3. The van der Waals surface area contributed by atoms with E-state index in [1.807, 2.05) is 13.8 Å². The highest BCUT2D eigenvalue weighted by atomic mass is 31.2. The molecule has 2 atom stereocenters. The molecule has 0 amide bonds. The van der Waals surface area contributed by atoms with Crippen LogP contribution in [0.15, 0.2) is 72.8 Å². The molecule has 2 saturated heterocycles. The second-order valence-electron chi connectivity index (χ2n) is 15.0. The fraction of sp³-hybridized carbons (Fsp3) is 0.442. The van der Waals surface area contributed by atoms with Gasteiger partial charge in [0, 0.05) is 13.1 Å². The third kappa shape index (κ3) is 6.55. The van der Waals surface area contributed by atoms with E-state index in [0.717, 1.165) is 35.3 Å². The SMILES string of the molecule is CCN(CC)P1OC(c2cc(C)cc(C)c2)(c2cc(C)cc(C)c2)[C@@H]2OC(C)(C)O[C@H]2C(c2cc(C)cc(C)c2)(c2cc(C)cc(C)c2)O1. The van der Waals surface area contributed by atoms with Gasteiger partial charge in [-0.3, -0.25) is 0 Å². The van der Waals surface area contributed by atoms with Crippen molar-refractivity contribution in [2.45, 2.75) is 112 Å². The number of rotatable bonds is 7. The monoisotopic (exact) mass is 679 g/mol. The summed E-state index contributed by atoms with van der Waals surface area (Å²) in [6, 6.07) is 27.1. The van der Waals surface area contributed by atoms with E-state index in [9.17, 15) is 0 Å². The minimum Gasteiger partial charge on any atom is -0.341 e. The standard InChI is InChI=1S/C43H54NO4P/c1-13-44(14-2)49-47-42(35-19-27(3)15-28(4)20-35,36-21-29(5)16-30(6)22-36)39-40(46-41(11,12)45-39)43(48-49,37-23-31(7)17-32(8)24-37)38-25-33(9)18-34(10)26-38/h15-26,39-40H,13-14H2,1-12H3/t39-,40-/m1/s1. The van der Waals surface area contributed by atoms with Gasteiger partial charge in [0.2, 0.25) is 0 Å². The van der Waals surface area contributed by atoms with E-state index in [4.69, 9.17) is 18.5 Å². The quantitative estimate of drug-likeness (QED) is 0.182. The van der Waals surface area contributed by atoms with Crippen molar-refractivity contribution >= 4 is 8.53 Å². The van der Waals surface area contributed by atoms with Crippen LogP contribution in [0.3, 0.4) is 0 Å². The van der Waals surface area contributed by atoms with E-state index in [0.29, 0.717) is 0 Å². The fourth-order valence-corrected chi connectivity index (χ4v) is 10.1. The molecule has 4 aromatic rings. The van der Waals surface area contributed by atoms with Gasteiger partial charge in [-0.15, -0.1) is 0 Å². The maximum absolute atomic E-state index is 7.83. The Hall–Kier alpha value is -2.89. The predicted molar refractivity (Wildman–Crippen MR) is 201 cm³/mol. The summed E-state index contributed by atoms with van der Waals surface area (Å²) in [5, 5.41) is 0. The van der Waals surface area contributed by atoms with Crippen LogP contribution in [-0.2, 0) is 29.7 Å². The summed E-state index contributed by atoms with van der Waals surface area (Å²) < 4.78 is 32.6. The van der Waals surface area contributed by atoms with E-state index in [1.54, 1.807) is 0 Å². The van der Waals surface area contributed by atoms with Gasteiger partial charge in [-0.1, -0.05) is 131 Å². The van der Waals surface area contributed by atoms with Crippen LogP contribution in [-0.4, -0.2) is 35.8 Å². The van der Waals surface area contributed by atoms with Crippen LogP contribution in [0.1, 0.15) is 94.5 Å². The average molecular weight is 680 g/mol. The van der Waals surface area contributed by atoms with Crippen LogP contribution >= 0.6 is 8.53 Å². The predicted octanol–water partition coefficient (Wildman–Crippen LogP) is 10.5. The lowest BCUT2D eigenvalue weighted by atomic mass is 9.70. The lowest BCUT2D eigenvalue weighted by Gasteiger charge is -2.42. The normalized spacial score (nSPS) is 21.5. The zero-order valence-corrected chi connectivity index (χ0v) is 32.4. The topological polar surface area (TPSA) is 40.2 Å². The van der Waals surface area contributed by atoms with Gasteiger partial charge in [-0.05, 0) is 91.5 Å². The van der Waals surface area contributed by atoms with Crippen molar-refractivity contribution in [2.75, 3.05) is 13.1 Å². The van der Waals surface area contributed by atoms with Crippen LogP contribution in [0.2, 0.25) is 0 Å². The molecular formula is C43H54NO4P. The molecule has 260 valence electrons. The number of hydrogen-bond acceptors (Lipinski definition) is 5. The van der Waals surface area contributed by atoms with Gasteiger partial charge in [0.1, 0.15) is 12.2 Å². The summed E-state index contributed by atoms with van der Waals surface area (Å²) in [5.41, 5.74) is 11.4. The summed E-state index contributed by atoms with van der Waals surface area (Å²) in [6.07, 6.45) is -1.18. The van der Waals surface area contributed by atoms with Crippen LogP contribution in [0.5, 0.6) is 0 Å². The van der Waals surface area contributed by atoms with E-state index in [2.05, 4.69) is 147 Å². The van der Waals surface area contributed by atoms with Crippen molar-refractivity contribution < 1.29 is 18.5 Å². The molecule has 0 bridgehead atoms. The third-order valence-electron chi connectivity index (χ3n) is 9.91. The van der Waals surface area contributed by atoms with Gasteiger partial charge < -0.3 is 18.5 Å². The number of benzene rings is 4. The Morgan fingerprint density at radius 1 is 0.469 bits per heavy atom. The van der Waals surface area contributed by atoms with Gasteiger partial charge in [0.05, 0.1) is 0 Å². The minimum absolute atomic E-state index is 0.588. The fourth-order valence-electron chi connectivity index (χ4n) is 8.25. The van der Waals surface area contributed by atoms with Gasteiger partial charge in [0.15, 0.2) is 17.0 Å². The first-order valence-electron chi connectivity index (χ1n) is 17.7. The largest absolute Gasteiger partial charge is 0.341 e. The molecule has 0 N–H and O–H groups in total. The van der Waals surface area contributed by atoms with Gasteiger partial charge in [-0.2, -0.15) is 0 Å². The van der Waals surface area contributed by atoms with Crippen LogP contribution in [0.25, 0.3) is 0 Å². The maximum Gasteiger partial charge on any atom is 0.261 e. The van der Waals surface area contributed by atoms with Crippen molar-refractivity contribution in [3.8, 4) is 0 Å². The van der Waals surface area contributed by atoms with Crippen molar-refractivity contribution in [3.05, 3.63) is 140 Å². The minimum atomic E-state index is -1.69. The van der Waals surface area contributed by atoms with Crippen molar-refractivity contribution in [3.63, 3.8) is 0 Å². The Balaban J connectivity index is 1.81. The molecule has 49 heavy (non-hydrogen) atoms. The highest BCUT2D eigenvalue weighted by Gasteiger charge is 2.67. The van der Waals surface area contributed by atoms with Gasteiger partial charge in [0.25, 0.3) is 8.53 Å². The molecule has 0 unspecified atom stereocenters. The van der Waals surface area contributed by atoms with Crippen molar-refractivity contribution in [1.29, 1.82) is 0 Å². The van der Waals surface area contributed by atoms with Gasteiger partial charge in [-0.25, -0.2) is 4.67 Å². The summed E-state index contributed by atoms with van der Waals surface area (Å²) in [7, 11) is -1.69. The molecule has 0 saturated carbocycles. The Labute approximate surface area is 295 Å².